The van der Waals surface area contributed by atoms with Gasteiger partial charge in [0.15, 0.2) is 0 Å². The van der Waals surface area contributed by atoms with Crippen LogP contribution in [-0.2, 0) is 14.3 Å². The van der Waals surface area contributed by atoms with Gasteiger partial charge in [-0.2, -0.15) is 0 Å². The highest BCUT2D eigenvalue weighted by molar-refractivity contribution is 5.78. The van der Waals surface area contributed by atoms with Gasteiger partial charge in [0.2, 0.25) is 0 Å². The highest BCUT2D eigenvalue weighted by atomic mass is 16.5. The molecule has 0 rings (SSSR count). The van der Waals surface area contributed by atoms with Gasteiger partial charge in [0.05, 0.1) is 7.11 Å². The van der Waals surface area contributed by atoms with Crippen LogP contribution in [0.15, 0.2) is 12.2 Å². The van der Waals surface area contributed by atoms with Crippen molar-refractivity contribution in [3.8, 4) is 12.3 Å². The van der Waals surface area contributed by atoms with Gasteiger partial charge in [-0.25, -0.2) is 0 Å². The summed E-state index contributed by atoms with van der Waals surface area (Å²) in [7, 11) is 1.45. The molecule has 3 nitrogen and oxygen atoms in total. The minimum atomic E-state index is -0.0940. The molecule has 0 aliphatic heterocycles. The van der Waals surface area contributed by atoms with Crippen molar-refractivity contribution in [2.45, 2.75) is 103 Å². The lowest BCUT2D eigenvalue weighted by Gasteiger charge is -2.01. The van der Waals surface area contributed by atoms with E-state index in [0.717, 1.165) is 44.9 Å². The molecule has 148 valence electrons. The van der Waals surface area contributed by atoms with Crippen molar-refractivity contribution in [1.82, 2.24) is 0 Å². The van der Waals surface area contributed by atoms with Gasteiger partial charge in [0.25, 0.3) is 0 Å². The number of hydrogen-bond acceptors (Lipinski definition) is 3. The summed E-state index contributed by atoms with van der Waals surface area (Å²) in [5, 5.41) is 0. The number of esters is 1. The van der Waals surface area contributed by atoms with Crippen LogP contribution in [0, 0.1) is 12.3 Å². The largest absolute Gasteiger partial charge is 0.469 e. The van der Waals surface area contributed by atoms with Gasteiger partial charge >= 0.3 is 5.97 Å². The highest BCUT2D eigenvalue weighted by Crippen LogP contribution is 2.11. The van der Waals surface area contributed by atoms with Gasteiger partial charge in [0, 0.05) is 25.7 Å². The summed E-state index contributed by atoms with van der Waals surface area (Å²) in [5.41, 5.74) is 0. The maximum atomic E-state index is 11.6. The quantitative estimate of drug-likeness (QED) is 0.127. The number of hydrogen-bond donors (Lipinski definition) is 0. The van der Waals surface area contributed by atoms with Crippen molar-refractivity contribution >= 4 is 11.8 Å². The number of rotatable bonds is 18. The monoisotopic (exact) mass is 362 g/mol. The zero-order valence-corrected chi connectivity index (χ0v) is 16.8. The van der Waals surface area contributed by atoms with E-state index in [0.29, 0.717) is 31.5 Å². The minimum absolute atomic E-state index is 0.0940. The van der Waals surface area contributed by atoms with Crippen molar-refractivity contribution in [2.24, 2.45) is 0 Å². The third kappa shape index (κ3) is 18.8. The number of ketones is 1. The van der Waals surface area contributed by atoms with Gasteiger partial charge in [-0.05, 0) is 44.9 Å². The normalized spacial score (nSPS) is 10.8. The summed E-state index contributed by atoms with van der Waals surface area (Å²) < 4.78 is 4.63. The third-order valence-electron chi connectivity index (χ3n) is 4.50. The van der Waals surface area contributed by atoms with E-state index < -0.39 is 0 Å². The van der Waals surface area contributed by atoms with Gasteiger partial charge in [-0.15, -0.1) is 12.3 Å². The fourth-order valence-electron chi connectivity index (χ4n) is 2.85. The first kappa shape index (κ1) is 24.4. The Labute approximate surface area is 161 Å². The predicted octanol–water partition coefficient (Wildman–Crippen LogP) is 6.16. The number of unbranched alkanes of at least 4 members (excludes halogenated alkanes) is 10. The average molecular weight is 363 g/mol. The second kappa shape index (κ2) is 19.8. The number of carbonyl (C=O) groups is 2. The predicted molar refractivity (Wildman–Crippen MR) is 109 cm³/mol. The molecule has 0 aromatic heterocycles. The van der Waals surface area contributed by atoms with Gasteiger partial charge in [0.1, 0.15) is 5.78 Å². The molecule has 0 aliphatic carbocycles. The van der Waals surface area contributed by atoms with Gasteiger partial charge in [-0.3, -0.25) is 9.59 Å². The molecular formula is C23H38O3. The smallest absolute Gasteiger partial charge is 0.305 e. The Kier molecular flexibility index (Phi) is 18.6. The summed E-state index contributed by atoms with van der Waals surface area (Å²) in [6.07, 6.45) is 25.9. The van der Waals surface area contributed by atoms with Crippen molar-refractivity contribution in [3.05, 3.63) is 12.2 Å². The molecule has 0 unspecified atom stereocenters. The van der Waals surface area contributed by atoms with Crippen LogP contribution in [0.25, 0.3) is 0 Å². The Morgan fingerprint density at radius 2 is 1.27 bits per heavy atom. The number of ether oxygens (including phenoxy) is 1. The molecule has 0 spiro atoms. The molecule has 0 aliphatic rings. The fourth-order valence-corrected chi connectivity index (χ4v) is 2.85. The maximum Gasteiger partial charge on any atom is 0.305 e. The molecule has 3 heteroatoms. The minimum Gasteiger partial charge on any atom is -0.469 e. The van der Waals surface area contributed by atoms with Crippen molar-refractivity contribution in [2.75, 3.05) is 7.11 Å². The van der Waals surface area contributed by atoms with Crippen molar-refractivity contribution < 1.29 is 14.3 Å². The first-order chi connectivity index (χ1) is 12.7. The maximum absolute atomic E-state index is 11.6. The molecule has 0 radical (unpaired) electrons. The zero-order chi connectivity index (χ0) is 19.3. The zero-order valence-electron chi connectivity index (χ0n) is 16.8. The first-order valence-corrected chi connectivity index (χ1v) is 10.4. The van der Waals surface area contributed by atoms with Crippen molar-refractivity contribution in [1.29, 1.82) is 0 Å². The van der Waals surface area contributed by atoms with E-state index >= 15 is 0 Å². The van der Waals surface area contributed by atoms with E-state index in [1.165, 1.54) is 39.2 Å². The third-order valence-corrected chi connectivity index (χ3v) is 4.50. The molecule has 0 N–H and O–H groups in total. The number of methoxy groups -OCH3 is 1. The lowest BCUT2D eigenvalue weighted by Crippen LogP contribution is -1.99. The van der Waals surface area contributed by atoms with E-state index in [-0.39, 0.29) is 5.97 Å². The highest BCUT2D eigenvalue weighted by Gasteiger charge is 2.00. The topological polar surface area (TPSA) is 43.4 Å². The lowest BCUT2D eigenvalue weighted by atomic mass is 10.1. The lowest BCUT2D eigenvalue weighted by molar-refractivity contribution is -0.140. The van der Waals surface area contributed by atoms with Crippen LogP contribution in [0.1, 0.15) is 103 Å². The van der Waals surface area contributed by atoms with E-state index in [1.54, 1.807) is 0 Å². The molecule has 0 atom stereocenters. The first-order valence-electron chi connectivity index (χ1n) is 10.4. The van der Waals surface area contributed by atoms with Crippen LogP contribution in [0.5, 0.6) is 0 Å². The summed E-state index contributed by atoms with van der Waals surface area (Å²) in [6, 6.07) is 0. The van der Waals surface area contributed by atoms with Crippen LogP contribution in [0.4, 0.5) is 0 Å². The summed E-state index contributed by atoms with van der Waals surface area (Å²) in [4.78, 5) is 22.5. The van der Waals surface area contributed by atoms with E-state index in [9.17, 15) is 9.59 Å². The summed E-state index contributed by atoms with van der Waals surface area (Å²) in [6.45, 7) is 0. The molecule has 0 bridgehead atoms. The van der Waals surface area contributed by atoms with Gasteiger partial charge in [-0.1, -0.05) is 44.3 Å². The summed E-state index contributed by atoms with van der Waals surface area (Å²) >= 11 is 0. The Hall–Kier alpha value is -1.56. The summed E-state index contributed by atoms with van der Waals surface area (Å²) in [5.74, 6) is 2.83. The Bertz CT molecular complexity index is 418. The molecule has 0 aromatic carbocycles. The van der Waals surface area contributed by atoms with E-state index in [1.807, 2.05) is 0 Å². The number of Topliss-reactive ketones (excluding diaryl/α,β-unsaturated/α-hetero) is 1. The second-order valence-corrected chi connectivity index (χ2v) is 6.90. The van der Waals surface area contributed by atoms with Crippen LogP contribution in [-0.4, -0.2) is 18.9 Å². The Morgan fingerprint density at radius 1 is 0.769 bits per heavy atom. The van der Waals surface area contributed by atoms with Crippen LogP contribution >= 0.6 is 0 Å². The molecule has 0 aromatic rings. The SMILES string of the molecule is C#CCCCC(=O)CCCC/C=C/CCCCCCCCCC(=O)OC. The standard InChI is InChI=1S/C23H38O3/c1-3-4-16-19-22(24)20-17-14-12-10-8-6-5-7-9-11-13-15-18-21-23(25)26-2/h1,8,10H,4-7,9,11-21H2,2H3/b10-8+. The van der Waals surface area contributed by atoms with Crippen LogP contribution in [0.3, 0.4) is 0 Å². The van der Waals surface area contributed by atoms with Crippen molar-refractivity contribution in [3.63, 3.8) is 0 Å². The van der Waals surface area contributed by atoms with Crippen LogP contribution in [0.2, 0.25) is 0 Å². The van der Waals surface area contributed by atoms with Crippen LogP contribution < -0.4 is 0 Å². The molecule has 26 heavy (non-hydrogen) atoms. The van der Waals surface area contributed by atoms with E-state index in [4.69, 9.17) is 6.42 Å². The van der Waals surface area contributed by atoms with Gasteiger partial charge < -0.3 is 4.74 Å². The molecule has 0 saturated carbocycles. The molecule has 0 amide bonds. The molecule has 0 saturated heterocycles. The molecule has 0 fully saturated rings. The fraction of sp³-hybridized carbons (Fsp3) is 0.739. The Morgan fingerprint density at radius 3 is 1.88 bits per heavy atom. The van der Waals surface area contributed by atoms with E-state index in [2.05, 4.69) is 22.8 Å². The number of carbonyl (C=O) groups excluding carboxylic acids is 2. The molecular weight excluding hydrogens is 324 g/mol. The Balaban J connectivity index is 3.23. The average Bonchev–Trinajstić information content (AvgIpc) is 2.64. The second-order valence-electron chi connectivity index (χ2n) is 6.90. The number of allylic oxidation sites excluding steroid dienone is 2. The molecule has 0 heterocycles. The number of terminal acetylenes is 1.